The second kappa shape index (κ2) is 56.0. The highest BCUT2D eigenvalue weighted by Gasteiger charge is 2.80. The van der Waals surface area contributed by atoms with Crippen molar-refractivity contribution in [2.24, 2.45) is 46.1 Å². The number of amides is 9. The number of aliphatic hydroxyl groups is 1. The minimum absolute atomic E-state index is 0.00182. The third-order valence-corrected chi connectivity index (χ3v) is 28.1. The quantitative estimate of drug-likeness (QED) is 0.0195. The van der Waals surface area contributed by atoms with E-state index < -0.39 is 164 Å². The molecule has 14 atom stereocenters. The molecule has 0 aromatic heterocycles. The van der Waals surface area contributed by atoms with Crippen molar-refractivity contribution in [3.63, 3.8) is 0 Å². The Hall–Kier alpha value is -9.62. The highest BCUT2D eigenvalue weighted by atomic mass is 32.2. The molecule has 9 amide bonds. The summed E-state index contributed by atoms with van der Waals surface area (Å²) in [6.07, 6.45) is 2.25. The van der Waals surface area contributed by atoms with E-state index in [1.165, 1.54) is 19.1 Å². The van der Waals surface area contributed by atoms with Gasteiger partial charge in [-0.15, -0.1) is 5.53 Å². The van der Waals surface area contributed by atoms with E-state index in [-0.39, 0.29) is 200 Å². The molecule has 0 radical (unpaired) electrons. The number of para-hydroxylation sites is 1. The molecule has 41 nitrogen and oxygen atoms in total. The summed E-state index contributed by atoms with van der Waals surface area (Å²) in [5.41, 5.74) is 13.6. The van der Waals surface area contributed by atoms with Gasteiger partial charge in [-0.1, -0.05) is 95.5 Å². The first-order chi connectivity index (χ1) is 67.7. The number of halogens is 2. The molecule has 5 aliphatic carbocycles. The van der Waals surface area contributed by atoms with Crippen LogP contribution in [0.15, 0.2) is 83.7 Å². The van der Waals surface area contributed by atoms with Gasteiger partial charge in [-0.2, -0.15) is 8.42 Å². The van der Waals surface area contributed by atoms with Gasteiger partial charge in [0.1, 0.15) is 24.9 Å². The molecule has 2 unspecified atom stereocenters. The molecule has 3 heterocycles. The van der Waals surface area contributed by atoms with E-state index in [0.717, 1.165) is 65.5 Å². The number of hydrogen-bond acceptors (Lipinski definition) is 31. The molecular formula is C97H147F2N15O26S. The number of unbranched alkanes of at least 4 members (excludes halogenated alkanes) is 1. The minimum atomic E-state index is -4.17. The molecule has 17 N–H and O–H groups in total. The van der Waals surface area contributed by atoms with E-state index in [1.807, 2.05) is 67.5 Å². The lowest BCUT2D eigenvalue weighted by atomic mass is 9.44. The number of ether oxygens (including phenoxy) is 11. The summed E-state index contributed by atoms with van der Waals surface area (Å²) in [5, 5.41) is 36.5. The summed E-state index contributed by atoms with van der Waals surface area (Å²) < 4.78 is 130. The third kappa shape index (κ3) is 31.2. The Balaban J connectivity index is 0.681. The van der Waals surface area contributed by atoms with Crippen molar-refractivity contribution in [1.82, 2.24) is 63.9 Å². The smallest absolute Gasteiger partial charge is 0.312 e. The highest BCUT2D eigenvalue weighted by molar-refractivity contribution is 7.85. The number of nitrogens with two attached hydrogens (primary N) is 2. The number of Topliss-reactive ketones (excluding diaryl/α,β-unsaturated/α-hetero) is 2. The Morgan fingerprint density at radius 1 is 0.681 bits per heavy atom. The van der Waals surface area contributed by atoms with E-state index in [0.29, 0.717) is 83.1 Å². The van der Waals surface area contributed by atoms with Gasteiger partial charge in [-0.3, -0.25) is 63.3 Å². The maximum absolute atomic E-state index is 18.4. The molecule has 44 heteroatoms. The van der Waals surface area contributed by atoms with Crippen LogP contribution in [0.3, 0.4) is 0 Å². The number of allylic oxidation sites excluding steroid dienone is 5. The van der Waals surface area contributed by atoms with Gasteiger partial charge in [0, 0.05) is 99.1 Å². The number of urea groups is 1. The predicted octanol–water partition coefficient (Wildman–Crippen LogP) is 3.57. The normalized spacial score (nSPS) is 24.6. The number of hydrazine groups is 3. The first kappa shape index (κ1) is 113. The first-order valence-corrected chi connectivity index (χ1v) is 51.0. The van der Waals surface area contributed by atoms with Gasteiger partial charge in [0.05, 0.1) is 178 Å². The Bertz CT molecular complexity index is 4790. The van der Waals surface area contributed by atoms with Crippen LogP contribution in [0.2, 0.25) is 0 Å². The second-order valence-corrected chi connectivity index (χ2v) is 38.8. The van der Waals surface area contributed by atoms with E-state index in [2.05, 4.69) is 58.9 Å². The second-order valence-electron chi connectivity index (χ2n) is 37.3. The van der Waals surface area contributed by atoms with Gasteiger partial charge in [0.2, 0.25) is 41.4 Å². The van der Waals surface area contributed by atoms with Crippen LogP contribution in [-0.4, -0.2) is 306 Å². The number of aliphatic hydroxyl groups excluding tert-OH is 1. The van der Waals surface area contributed by atoms with Crippen molar-refractivity contribution in [3.8, 4) is 0 Å². The number of benzene rings is 2. The van der Waals surface area contributed by atoms with Gasteiger partial charge in [0.15, 0.2) is 34.9 Å². The topological polar surface area (TPSA) is 555 Å². The number of fused-ring (bicyclic) bond motifs is 9. The largest absolute Gasteiger partial charge is 0.390 e. The first-order valence-electron chi connectivity index (χ1n) is 49.4. The fraction of sp³-hybridized carbons (Fsp3) is 0.680. The summed E-state index contributed by atoms with van der Waals surface area (Å²) >= 11 is 0. The fourth-order valence-corrected chi connectivity index (χ4v) is 20.6. The van der Waals surface area contributed by atoms with Crippen molar-refractivity contribution < 1.29 is 132 Å². The molecular weight excluding hydrogens is 1860 g/mol. The van der Waals surface area contributed by atoms with Crippen LogP contribution in [0.5, 0.6) is 0 Å². The number of anilines is 1. The average molecular weight is 2010 g/mol. The fourth-order valence-electron chi connectivity index (χ4n) is 20.3. The average Bonchev–Trinajstić information content (AvgIpc) is 1.52. The molecule has 4 fully saturated rings. The monoisotopic (exact) mass is 2010 g/mol. The van der Waals surface area contributed by atoms with Crippen molar-refractivity contribution in [3.05, 3.63) is 100 Å². The summed E-state index contributed by atoms with van der Waals surface area (Å²) in [6.45, 7) is 12.1. The third-order valence-electron chi connectivity index (χ3n) is 27.4. The summed E-state index contributed by atoms with van der Waals surface area (Å²) in [6, 6.07) is 11.9. The zero-order valence-electron chi connectivity index (χ0n) is 81.9. The molecule has 786 valence electrons. The number of hydrogen-bond donors (Lipinski definition) is 15. The number of carbonyl (C=O) groups excluding carboxylic acids is 11. The van der Waals surface area contributed by atoms with E-state index in [9.17, 15) is 61.5 Å². The van der Waals surface area contributed by atoms with E-state index >= 15 is 13.6 Å². The lowest BCUT2D eigenvalue weighted by Crippen LogP contribution is -2.71. The van der Waals surface area contributed by atoms with Crippen molar-refractivity contribution in [1.29, 1.82) is 0 Å². The van der Waals surface area contributed by atoms with Crippen molar-refractivity contribution in [2.75, 3.05) is 169 Å². The van der Waals surface area contributed by atoms with Gasteiger partial charge in [0.25, 0.3) is 10.1 Å². The molecule has 8 aliphatic rings. The Labute approximate surface area is 823 Å². The predicted molar refractivity (Wildman–Crippen MR) is 512 cm³/mol. The lowest BCUT2D eigenvalue weighted by molar-refractivity contribution is -0.234. The number of nitrogens with one attached hydrogen (secondary N) is 11. The number of nitrogens with zero attached hydrogens (tertiary/aromatic N) is 2. The molecule has 141 heavy (non-hydrogen) atoms. The molecule has 2 aromatic carbocycles. The number of rotatable bonds is 63. The van der Waals surface area contributed by atoms with Gasteiger partial charge < -0.3 is 121 Å². The van der Waals surface area contributed by atoms with Crippen LogP contribution in [-0.2, 0) is 117 Å². The van der Waals surface area contributed by atoms with Crippen LogP contribution in [0, 0.1) is 34.5 Å². The van der Waals surface area contributed by atoms with Crippen LogP contribution >= 0.6 is 0 Å². The Morgan fingerprint density at radius 2 is 1.30 bits per heavy atom. The molecule has 1 saturated heterocycles. The highest BCUT2D eigenvalue weighted by Crippen LogP contribution is 2.72. The summed E-state index contributed by atoms with van der Waals surface area (Å²) in [7, 11) is -2.35. The Kier molecular flexibility index (Phi) is 45.0. The zero-order chi connectivity index (χ0) is 102. The van der Waals surface area contributed by atoms with Gasteiger partial charge in [-0.25, -0.2) is 13.6 Å². The van der Waals surface area contributed by atoms with E-state index in [4.69, 9.17) is 68.2 Å². The van der Waals surface area contributed by atoms with Crippen molar-refractivity contribution >= 4 is 91.9 Å². The summed E-state index contributed by atoms with van der Waals surface area (Å²) in [4.78, 5) is 152. The van der Waals surface area contributed by atoms with Crippen LogP contribution in [0.25, 0.3) is 11.4 Å². The molecule has 0 bridgehead atoms. The Morgan fingerprint density at radius 3 is 1.96 bits per heavy atom. The molecule has 3 aliphatic heterocycles. The van der Waals surface area contributed by atoms with Gasteiger partial charge >= 0.3 is 6.03 Å². The molecule has 0 spiro atoms. The maximum atomic E-state index is 18.4. The van der Waals surface area contributed by atoms with Crippen LogP contribution in [0.1, 0.15) is 180 Å². The molecule has 3 saturated carbocycles. The van der Waals surface area contributed by atoms with Crippen LogP contribution in [0.4, 0.5) is 19.3 Å². The van der Waals surface area contributed by atoms with E-state index in [1.54, 1.807) is 25.7 Å². The lowest BCUT2D eigenvalue weighted by Gasteiger charge is -2.63. The standard InChI is InChI=1S/C97H147F2N15O26S/c1-7-18-86-139-80-58-69-70-57-72(98)71-56-66(115)29-32-94(71,4)96(70,99)78(117)59-95(69,5)97(80,140-86)79(118)60-107-91(124)64(20-17-34-106-93(100)126)55-76(116)87(63(2)3)109-92(125)73(23-15-16-33-103-84(122)62-138-77-26-10-8-9-25-75-90(77)111-112-114(75)37-41-133-45-49-137-53-51-134-46-42-130-38-30-82(120)105-36-54-141(127,128)129)108-83(121)31-39-131-43-47-135-50-52-136-48-44-132-40-35-104-81(119)27-28-85(123)113-61-65-19-11-12-21-67(65)88(102-6)89(110-101)68-22-13-14-24-74(68)113/h11-14,19,21-22,24,29,32,56,63-64,69-70,72-73,77-78,80,86-87,102,110-112,117H,7-10,15-18,20,23,25-28,30-31,33-55,57-62,101H2,1-6H3,(H,103,122)(H,104,119)(H,105,120)(H,107,124)(H,108,121)(H,109,125)(H3,100,106,126)(H,127,128,129)/b89-88-/t64-,69+,70+,72+,73-,77?,78+,80-,86?,87+,94+,95+,96+,97-/m1/s1. The number of carbonyl (C=O) groups is 11. The van der Waals surface area contributed by atoms with Gasteiger partial charge in [-0.05, 0) is 125 Å². The zero-order valence-corrected chi connectivity index (χ0v) is 82.7. The number of ketones is 3. The number of primary amides is 1. The van der Waals surface area contributed by atoms with Crippen LogP contribution < -0.4 is 75.4 Å². The number of alkyl halides is 2. The summed E-state index contributed by atoms with van der Waals surface area (Å²) in [5.74, 6) is -3.32. The minimum Gasteiger partial charge on any atom is -0.390 e. The molecule has 2 aromatic rings. The SMILES string of the molecule is CCCC1O[C@@H]2C[C@H]3[C@@H]4C[C@H](F)C5=CC(=O)C=C[C@]5(C)[C@@]4(F)[C@@H](O)C[C@]3(C)[C@]2(C(=O)CNC(=O)[C@H](CCCNC(N)=O)CC(=O)[C@@H](NC(=O)[C@@H](CCCCNC(=O)COC2CCCCCC3=C2NNN3CCOCCOCCOCCOCCC(=O)NCCS(=O)(=O)O)NC(=O)CCOCCOCCOCCOCCNC(=O)CCC(=O)N2Cc3ccccc3/C(NC)=C(/NN)c3ccccc32)C(C)C)O1. The molecule has 10 rings (SSSR count). The van der Waals surface area contributed by atoms with Crippen molar-refractivity contribution in [2.45, 2.75) is 224 Å². The maximum Gasteiger partial charge on any atom is 0.312 e.